The molecule has 1 atom stereocenters. The predicted molar refractivity (Wildman–Crippen MR) is 124 cm³/mol. The molecule has 2 amide bonds. The highest BCUT2D eigenvalue weighted by molar-refractivity contribution is 7.89. The van der Waals surface area contributed by atoms with E-state index < -0.39 is 51.3 Å². The van der Waals surface area contributed by atoms with Crippen molar-refractivity contribution in [1.82, 2.24) is 10.0 Å². The molecule has 3 rings (SSSR count). The summed E-state index contributed by atoms with van der Waals surface area (Å²) in [4.78, 5) is 25.2. The van der Waals surface area contributed by atoms with E-state index in [2.05, 4.69) is 10.6 Å². The van der Waals surface area contributed by atoms with Crippen molar-refractivity contribution in [2.75, 3.05) is 11.9 Å². The first kappa shape index (κ1) is 26.8. The molecule has 0 spiro atoms. The van der Waals surface area contributed by atoms with Gasteiger partial charge in [-0.2, -0.15) is 13.2 Å². The number of rotatable bonds is 9. The van der Waals surface area contributed by atoms with Crippen LogP contribution in [0.2, 0.25) is 0 Å². The molecule has 0 fully saturated rings. The van der Waals surface area contributed by atoms with Gasteiger partial charge in [-0.1, -0.05) is 30.3 Å². The number of sulfonamides is 1. The molecule has 12 heteroatoms. The van der Waals surface area contributed by atoms with Crippen LogP contribution in [0, 0.1) is 5.82 Å². The molecule has 0 aliphatic carbocycles. The highest BCUT2D eigenvalue weighted by Crippen LogP contribution is 2.18. The fourth-order valence-corrected chi connectivity index (χ4v) is 4.12. The van der Waals surface area contributed by atoms with Crippen molar-refractivity contribution >= 4 is 27.5 Å². The molecule has 0 aromatic heterocycles. The van der Waals surface area contributed by atoms with Crippen molar-refractivity contribution in [3.8, 4) is 0 Å². The van der Waals surface area contributed by atoms with Gasteiger partial charge in [-0.15, -0.1) is 0 Å². The summed E-state index contributed by atoms with van der Waals surface area (Å²) < 4.78 is 75.7. The van der Waals surface area contributed by atoms with Gasteiger partial charge in [0.05, 0.1) is 4.90 Å². The van der Waals surface area contributed by atoms with Crippen LogP contribution in [0.3, 0.4) is 0 Å². The number of amides is 2. The van der Waals surface area contributed by atoms with E-state index in [1.165, 1.54) is 29.0 Å². The molecule has 0 heterocycles. The molecule has 0 bridgehead atoms. The molecule has 3 aromatic rings. The Labute approximate surface area is 204 Å². The van der Waals surface area contributed by atoms with E-state index in [1.54, 1.807) is 30.3 Å². The van der Waals surface area contributed by atoms with Gasteiger partial charge in [-0.05, 0) is 54.1 Å². The van der Waals surface area contributed by atoms with Crippen LogP contribution in [-0.2, 0) is 21.2 Å². The zero-order chi connectivity index (χ0) is 26.3. The molecular weight excluding hydrogens is 502 g/mol. The van der Waals surface area contributed by atoms with Gasteiger partial charge in [0.1, 0.15) is 18.4 Å². The Hall–Kier alpha value is -3.77. The summed E-state index contributed by atoms with van der Waals surface area (Å²) >= 11 is 0. The first-order chi connectivity index (χ1) is 16.9. The molecule has 0 saturated heterocycles. The number of alkyl halides is 3. The summed E-state index contributed by atoms with van der Waals surface area (Å²) in [5, 5.41) is 5.16. The lowest BCUT2D eigenvalue weighted by molar-refractivity contribution is -0.121. The molecule has 0 aliphatic rings. The van der Waals surface area contributed by atoms with Crippen LogP contribution in [0.4, 0.5) is 23.2 Å². The van der Waals surface area contributed by atoms with E-state index in [-0.39, 0.29) is 17.7 Å². The fourth-order valence-electron chi connectivity index (χ4n) is 3.11. The number of carbonyl (C=O) groups excluding carboxylic acids is 2. The van der Waals surface area contributed by atoms with Crippen molar-refractivity contribution in [2.45, 2.75) is 23.5 Å². The lowest BCUT2D eigenvalue weighted by atomic mass is 10.0. The van der Waals surface area contributed by atoms with Crippen molar-refractivity contribution in [3.63, 3.8) is 0 Å². The standard InChI is InChI=1S/C24H21F4N3O4S/c25-18-8-6-17(7-9-18)22(32)31-21(14-16-4-2-1-3-5-16)23(33)30-19-10-12-20(13-11-19)36(34,35)29-15-24(26,27)28/h1-13,21,29H,14-15H2,(H,30,33)(H,31,32). The highest BCUT2D eigenvalue weighted by atomic mass is 32.2. The zero-order valence-corrected chi connectivity index (χ0v) is 19.4. The second-order valence-corrected chi connectivity index (χ2v) is 9.44. The number of hydrogen-bond donors (Lipinski definition) is 3. The van der Waals surface area contributed by atoms with E-state index in [0.29, 0.717) is 0 Å². The molecule has 7 nitrogen and oxygen atoms in total. The molecule has 0 saturated carbocycles. The molecule has 1 unspecified atom stereocenters. The third kappa shape index (κ3) is 7.89. The van der Waals surface area contributed by atoms with Gasteiger partial charge in [0, 0.05) is 17.7 Å². The number of halogens is 4. The van der Waals surface area contributed by atoms with E-state index in [0.717, 1.165) is 29.8 Å². The molecule has 3 N–H and O–H groups in total. The summed E-state index contributed by atoms with van der Waals surface area (Å²) in [6, 6.07) is 17.0. The molecule has 0 radical (unpaired) electrons. The minimum Gasteiger partial charge on any atom is -0.340 e. The lowest BCUT2D eigenvalue weighted by Crippen LogP contribution is -2.45. The minimum atomic E-state index is -4.72. The topological polar surface area (TPSA) is 104 Å². The summed E-state index contributed by atoms with van der Waals surface area (Å²) in [5.74, 6) is -1.76. The van der Waals surface area contributed by atoms with Crippen molar-refractivity contribution < 1.29 is 35.6 Å². The van der Waals surface area contributed by atoms with E-state index in [4.69, 9.17) is 0 Å². The van der Waals surface area contributed by atoms with Crippen LogP contribution in [0.5, 0.6) is 0 Å². The Morgan fingerprint density at radius 3 is 2.06 bits per heavy atom. The Morgan fingerprint density at radius 1 is 0.861 bits per heavy atom. The van der Waals surface area contributed by atoms with Crippen molar-refractivity contribution in [2.24, 2.45) is 0 Å². The minimum absolute atomic E-state index is 0.118. The third-order valence-corrected chi connectivity index (χ3v) is 6.32. The molecular formula is C24H21F4N3O4S. The largest absolute Gasteiger partial charge is 0.402 e. The van der Waals surface area contributed by atoms with Crippen LogP contribution in [-0.4, -0.2) is 39.0 Å². The average molecular weight is 524 g/mol. The van der Waals surface area contributed by atoms with Crippen LogP contribution in [0.25, 0.3) is 0 Å². The second-order valence-electron chi connectivity index (χ2n) is 7.68. The number of anilines is 1. The third-order valence-electron chi connectivity index (χ3n) is 4.91. The predicted octanol–water partition coefficient (Wildman–Crippen LogP) is 3.65. The van der Waals surface area contributed by atoms with Crippen LogP contribution in [0.1, 0.15) is 15.9 Å². The molecule has 3 aromatic carbocycles. The Balaban J connectivity index is 1.74. The fraction of sp³-hybridized carbons (Fsp3) is 0.167. The van der Waals surface area contributed by atoms with Crippen LogP contribution < -0.4 is 15.4 Å². The lowest BCUT2D eigenvalue weighted by Gasteiger charge is -2.19. The summed E-state index contributed by atoms with van der Waals surface area (Å²) in [7, 11) is -4.41. The molecule has 36 heavy (non-hydrogen) atoms. The zero-order valence-electron chi connectivity index (χ0n) is 18.6. The SMILES string of the molecule is O=C(NC(Cc1ccccc1)C(=O)Nc1ccc(S(=O)(=O)NCC(F)(F)F)cc1)c1ccc(F)cc1. The van der Waals surface area contributed by atoms with Crippen LogP contribution in [0.15, 0.2) is 83.8 Å². The maximum atomic E-state index is 13.2. The summed E-state index contributed by atoms with van der Waals surface area (Å²) in [6.07, 6.45) is -4.60. The number of hydrogen-bond acceptors (Lipinski definition) is 4. The first-order valence-electron chi connectivity index (χ1n) is 10.5. The van der Waals surface area contributed by atoms with E-state index in [1.807, 2.05) is 0 Å². The van der Waals surface area contributed by atoms with Gasteiger partial charge >= 0.3 is 6.18 Å². The Bertz CT molecular complexity index is 1300. The van der Waals surface area contributed by atoms with E-state index >= 15 is 0 Å². The van der Waals surface area contributed by atoms with Gasteiger partial charge < -0.3 is 10.6 Å². The number of benzene rings is 3. The van der Waals surface area contributed by atoms with Crippen molar-refractivity contribution in [1.29, 1.82) is 0 Å². The normalized spacial score (nSPS) is 12.6. The number of carbonyl (C=O) groups is 2. The number of nitrogens with one attached hydrogen (secondary N) is 3. The van der Waals surface area contributed by atoms with Gasteiger partial charge in [0.25, 0.3) is 5.91 Å². The summed E-state index contributed by atoms with van der Waals surface area (Å²) in [5.41, 5.74) is 1.04. The first-order valence-corrected chi connectivity index (χ1v) is 12.0. The Kier molecular flexibility index (Phi) is 8.43. The smallest absolute Gasteiger partial charge is 0.340 e. The van der Waals surface area contributed by atoms with Gasteiger partial charge in [-0.3, -0.25) is 9.59 Å². The quantitative estimate of drug-likeness (QED) is 0.373. The van der Waals surface area contributed by atoms with Gasteiger partial charge in [0.2, 0.25) is 15.9 Å². The average Bonchev–Trinajstić information content (AvgIpc) is 2.83. The van der Waals surface area contributed by atoms with E-state index in [9.17, 15) is 35.6 Å². The molecule has 0 aliphatic heterocycles. The van der Waals surface area contributed by atoms with Crippen molar-refractivity contribution in [3.05, 3.63) is 95.8 Å². The second kappa shape index (κ2) is 11.3. The van der Waals surface area contributed by atoms with Gasteiger partial charge in [0.15, 0.2) is 0 Å². The summed E-state index contributed by atoms with van der Waals surface area (Å²) in [6.45, 7) is -1.72. The Morgan fingerprint density at radius 2 is 1.47 bits per heavy atom. The molecule has 190 valence electrons. The monoisotopic (exact) mass is 523 g/mol. The van der Waals surface area contributed by atoms with Gasteiger partial charge in [-0.25, -0.2) is 17.5 Å². The maximum Gasteiger partial charge on any atom is 0.402 e. The highest BCUT2D eigenvalue weighted by Gasteiger charge is 2.30. The van der Waals surface area contributed by atoms with Crippen LogP contribution >= 0.6 is 0 Å². The maximum absolute atomic E-state index is 13.2.